The molecule has 238 valence electrons. The zero-order valence-corrected chi connectivity index (χ0v) is 27.8. The molecule has 45 heavy (non-hydrogen) atoms. The molecule has 0 saturated heterocycles. The Morgan fingerprint density at radius 3 is 2.20 bits per heavy atom. The molecule has 0 fully saturated rings. The Morgan fingerprint density at radius 1 is 0.978 bits per heavy atom. The van der Waals surface area contributed by atoms with E-state index in [1.807, 2.05) is 24.3 Å². The topological polar surface area (TPSA) is 113 Å². The van der Waals surface area contributed by atoms with Crippen molar-refractivity contribution in [2.24, 2.45) is 5.41 Å². The van der Waals surface area contributed by atoms with Crippen molar-refractivity contribution < 1.29 is 22.6 Å². The third-order valence-corrected chi connectivity index (χ3v) is 8.88. The van der Waals surface area contributed by atoms with E-state index in [0.717, 1.165) is 34.4 Å². The molecule has 0 bridgehead atoms. The molecule has 0 spiro atoms. The van der Waals surface area contributed by atoms with Gasteiger partial charge in [0, 0.05) is 17.8 Å². The molecule has 1 aliphatic rings. The van der Waals surface area contributed by atoms with Gasteiger partial charge >= 0.3 is 0 Å². The van der Waals surface area contributed by atoms with E-state index in [9.17, 15) is 18.0 Å². The van der Waals surface area contributed by atoms with E-state index in [1.54, 1.807) is 24.3 Å². The van der Waals surface area contributed by atoms with Gasteiger partial charge in [0.25, 0.3) is 16.0 Å². The van der Waals surface area contributed by atoms with Crippen LogP contribution in [-0.2, 0) is 26.7 Å². The zero-order valence-electron chi connectivity index (χ0n) is 27.0. The molecular weight excluding hydrogens is 584 g/mol. The molecule has 3 aromatic carbocycles. The maximum atomic E-state index is 13.9. The van der Waals surface area contributed by atoms with Crippen molar-refractivity contribution in [2.75, 3.05) is 17.6 Å². The highest BCUT2D eigenvalue weighted by Gasteiger charge is 2.24. The van der Waals surface area contributed by atoms with E-state index in [2.05, 4.69) is 88.6 Å². The van der Waals surface area contributed by atoms with E-state index in [-0.39, 0.29) is 23.3 Å². The minimum atomic E-state index is -4.16. The van der Waals surface area contributed by atoms with Crippen molar-refractivity contribution in [3.8, 4) is 0 Å². The van der Waals surface area contributed by atoms with Crippen molar-refractivity contribution in [3.63, 3.8) is 0 Å². The minimum absolute atomic E-state index is 0.0218. The second-order valence-electron chi connectivity index (χ2n) is 13.6. The second kappa shape index (κ2) is 13.5. The Morgan fingerprint density at radius 2 is 1.64 bits per heavy atom. The van der Waals surface area contributed by atoms with Gasteiger partial charge in [0.15, 0.2) is 0 Å². The molecular formula is C37H44N2O5S. The number of nitrogens with one attached hydrogen (secondary N) is 2. The van der Waals surface area contributed by atoms with E-state index >= 15 is 0 Å². The Kier molecular flexibility index (Phi) is 10.2. The Labute approximate surface area is 267 Å². The number of allylic oxidation sites excluding steroid dienone is 4. The summed E-state index contributed by atoms with van der Waals surface area (Å²) in [5.41, 5.74) is 7.58. The molecule has 1 aliphatic carbocycles. The maximum absolute atomic E-state index is 13.9. The summed E-state index contributed by atoms with van der Waals surface area (Å²) in [7, 11) is -4.16. The molecule has 1 unspecified atom stereocenters. The van der Waals surface area contributed by atoms with Crippen LogP contribution in [0.5, 0.6) is 0 Å². The average Bonchev–Trinajstić information content (AvgIpc) is 2.95. The average molecular weight is 629 g/mol. The third kappa shape index (κ3) is 9.49. The molecule has 3 N–H and O–H groups in total. The summed E-state index contributed by atoms with van der Waals surface area (Å²) >= 11 is 0. The molecule has 3 aromatic rings. The van der Waals surface area contributed by atoms with Crippen molar-refractivity contribution in [1.29, 1.82) is 0 Å². The number of carbonyl (C=O) groups is 2. The molecule has 8 heteroatoms. The molecule has 0 aliphatic heterocycles. The predicted molar refractivity (Wildman–Crippen MR) is 182 cm³/mol. The van der Waals surface area contributed by atoms with Crippen LogP contribution in [0.4, 0.5) is 5.69 Å². The van der Waals surface area contributed by atoms with E-state index < -0.39 is 27.7 Å². The van der Waals surface area contributed by atoms with Gasteiger partial charge in [-0.3, -0.25) is 14.1 Å². The van der Waals surface area contributed by atoms with Gasteiger partial charge in [-0.1, -0.05) is 95.3 Å². The summed E-state index contributed by atoms with van der Waals surface area (Å²) in [4.78, 5) is 26.3. The van der Waals surface area contributed by atoms with Crippen molar-refractivity contribution in [3.05, 3.63) is 118 Å². The van der Waals surface area contributed by atoms with Gasteiger partial charge < -0.3 is 10.6 Å². The van der Waals surface area contributed by atoms with Gasteiger partial charge in [0.05, 0.1) is 11.7 Å². The van der Waals surface area contributed by atoms with Crippen LogP contribution >= 0.6 is 0 Å². The monoisotopic (exact) mass is 628 g/mol. The van der Waals surface area contributed by atoms with Gasteiger partial charge in [-0.15, -0.1) is 0 Å². The lowest BCUT2D eigenvalue weighted by molar-refractivity contribution is -0.117. The molecule has 1 atom stereocenters. The minimum Gasteiger partial charge on any atom is -0.351 e. The van der Waals surface area contributed by atoms with Gasteiger partial charge in [-0.05, 0) is 88.3 Å². The first kappa shape index (κ1) is 33.9. The molecule has 7 nitrogen and oxygen atoms in total. The van der Waals surface area contributed by atoms with E-state index in [4.69, 9.17) is 4.55 Å². The summed E-state index contributed by atoms with van der Waals surface area (Å²) < 4.78 is 30.8. The van der Waals surface area contributed by atoms with Crippen LogP contribution in [0.2, 0.25) is 0 Å². The van der Waals surface area contributed by atoms with Crippen LogP contribution in [0.3, 0.4) is 0 Å². The van der Waals surface area contributed by atoms with Crippen LogP contribution in [-0.4, -0.2) is 37.1 Å². The highest BCUT2D eigenvalue weighted by molar-refractivity contribution is 7.85. The van der Waals surface area contributed by atoms with Crippen molar-refractivity contribution >= 4 is 33.2 Å². The normalized spacial score (nSPS) is 15.2. The lowest BCUT2D eigenvalue weighted by atomic mass is 9.82. The summed E-state index contributed by atoms with van der Waals surface area (Å²) in [6.07, 6.45) is 8.08. The summed E-state index contributed by atoms with van der Waals surface area (Å²) in [6, 6.07) is 21.1. The second-order valence-corrected chi connectivity index (χ2v) is 15.1. The largest absolute Gasteiger partial charge is 0.351 e. The molecule has 0 heterocycles. The fraction of sp³-hybridized carbons (Fsp3) is 0.351. The first-order chi connectivity index (χ1) is 21.0. The fourth-order valence-corrected chi connectivity index (χ4v) is 5.68. The lowest BCUT2D eigenvalue weighted by Gasteiger charge is -2.24. The third-order valence-electron chi connectivity index (χ3n) is 8.16. The van der Waals surface area contributed by atoms with Crippen LogP contribution in [0.25, 0.3) is 5.57 Å². The van der Waals surface area contributed by atoms with Crippen LogP contribution < -0.4 is 10.6 Å². The molecule has 0 aromatic heterocycles. The Balaban J connectivity index is 1.54. The first-order valence-electron chi connectivity index (χ1n) is 15.2. The quantitative estimate of drug-likeness (QED) is 0.205. The van der Waals surface area contributed by atoms with Crippen molar-refractivity contribution in [1.82, 2.24) is 5.32 Å². The number of hydrogen-bond donors (Lipinski definition) is 3. The summed E-state index contributed by atoms with van der Waals surface area (Å²) in [6.45, 7) is 12.8. The SMILES string of the molecule is Cc1cc(NC(=O)C(Cc2ccc(C(=O)NCCS(=O)(=O)O)cc2)c2ccc(C(C)(C)C)cc2)ccc1C1=CCC(C)(C)C=C1. The molecule has 2 amide bonds. The van der Waals surface area contributed by atoms with Gasteiger partial charge in [0.2, 0.25) is 5.91 Å². The first-order valence-corrected chi connectivity index (χ1v) is 16.9. The highest BCUT2D eigenvalue weighted by Crippen LogP contribution is 2.34. The van der Waals surface area contributed by atoms with Crippen molar-refractivity contribution in [2.45, 2.75) is 65.7 Å². The molecule has 4 rings (SSSR count). The van der Waals surface area contributed by atoms with Crippen LogP contribution in [0, 0.1) is 12.3 Å². The highest BCUT2D eigenvalue weighted by atomic mass is 32.2. The lowest BCUT2D eigenvalue weighted by Crippen LogP contribution is -2.28. The maximum Gasteiger partial charge on any atom is 0.266 e. The fourth-order valence-electron chi connectivity index (χ4n) is 5.32. The number of amides is 2. The standard InChI is InChI=1S/C37H44N2O5S/c1-25-23-31(15-16-32(25)28-17-19-37(5,6)20-18-28)39-35(41)33(27-11-13-30(14-12-27)36(2,3)4)24-26-7-9-29(10-8-26)34(40)38-21-22-45(42,43)44/h7-19,23,33H,20-22,24H2,1-6H3,(H,38,40)(H,39,41)(H,42,43,44). The summed E-state index contributed by atoms with van der Waals surface area (Å²) in [5.74, 6) is -1.62. The number of anilines is 1. The number of rotatable bonds is 10. The number of hydrogen-bond acceptors (Lipinski definition) is 4. The zero-order chi connectivity index (χ0) is 33.0. The van der Waals surface area contributed by atoms with Gasteiger partial charge in [-0.25, -0.2) is 0 Å². The Hall–Kier alpha value is -4.01. The Bertz CT molecular complexity index is 1710. The summed E-state index contributed by atoms with van der Waals surface area (Å²) in [5, 5.41) is 5.63. The number of aryl methyl sites for hydroxylation is 1. The molecule has 0 saturated carbocycles. The van der Waals surface area contributed by atoms with E-state index in [0.29, 0.717) is 12.0 Å². The molecule has 0 radical (unpaired) electrons. The number of benzene rings is 3. The number of carbonyl (C=O) groups excluding carboxylic acids is 2. The van der Waals surface area contributed by atoms with Crippen LogP contribution in [0.1, 0.15) is 85.1 Å². The predicted octanol–water partition coefficient (Wildman–Crippen LogP) is 7.24. The smallest absolute Gasteiger partial charge is 0.266 e. The van der Waals surface area contributed by atoms with Gasteiger partial charge in [0.1, 0.15) is 0 Å². The van der Waals surface area contributed by atoms with Crippen LogP contribution in [0.15, 0.2) is 85.0 Å². The van der Waals surface area contributed by atoms with E-state index in [1.165, 1.54) is 11.1 Å². The van der Waals surface area contributed by atoms with Gasteiger partial charge in [-0.2, -0.15) is 8.42 Å².